The van der Waals surface area contributed by atoms with Gasteiger partial charge in [-0.3, -0.25) is 0 Å². The molecule has 1 aliphatic rings. The minimum atomic E-state index is 0.760. The summed E-state index contributed by atoms with van der Waals surface area (Å²) in [4.78, 5) is 2.64. The van der Waals surface area contributed by atoms with E-state index >= 15 is 0 Å². The van der Waals surface area contributed by atoms with Crippen molar-refractivity contribution in [3.63, 3.8) is 0 Å². The Morgan fingerprint density at radius 3 is 2.53 bits per heavy atom. The number of hydrogen-bond donors (Lipinski definition) is 1. The summed E-state index contributed by atoms with van der Waals surface area (Å²) in [6, 6.07) is 11.0. The van der Waals surface area contributed by atoms with Crippen LogP contribution >= 0.6 is 0 Å². The van der Waals surface area contributed by atoms with Gasteiger partial charge >= 0.3 is 0 Å². The van der Waals surface area contributed by atoms with E-state index in [4.69, 9.17) is 0 Å². The van der Waals surface area contributed by atoms with Crippen molar-refractivity contribution in [2.24, 2.45) is 11.8 Å². The van der Waals surface area contributed by atoms with Gasteiger partial charge in [0.15, 0.2) is 0 Å². The number of nitrogens with zero attached hydrogens (tertiary/aromatic N) is 1. The first-order chi connectivity index (χ1) is 9.28. The molecule has 2 nitrogen and oxygen atoms in total. The molecule has 1 aromatic rings. The highest BCUT2D eigenvalue weighted by molar-refractivity contribution is 5.15. The van der Waals surface area contributed by atoms with Crippen LogP contribution in [0.1, 0.15) is 25.3 Å². The van der Waals surface area contributed by atoms with Crippen molar-refractivity contribution in [1.29, 1.82) is 0 Å². The Morgan fingerprint density at radius 2 is 1.89 bits per heavy atom. The Hall–Kier alpha value is -0.860. The Kier molecular flexibility index (Phi) is 5.87. The molecule has 0 bridgehead atoms. The minimum Gasteiger partial charge on any atom is -0.319 e. The molecule has 1 aromatic carbocycles. The average Bonchev–Trinajstić information content (AvgIpc) is 2.42. The first-order valence-corrected chi connectivity index (χ1v) is 7.69. The number of rotatable bonds is 6. The Morgan fingerprint density at radius 1 is 1.21 bits per heavy atom. The SMILES string of the molecule is CNCC(C)CN1CCC(Cc2ccccc2)CC1. The van der Waals surface area contributed by atoms with Crippen LogP contribution in [0, 0.1) is 11.8 Å². The van der Waals surface area contributed by atoms with Gasteiger partial charge in [0, 0.05) is 6.54 Å². The van der Waals surface area contributed by atoms with Gasteiger partial charge in [-0.15, -0.1) is 0 Å². The van der Waals surface area contributed by atoms with Crippen LogP contribution in [0.25, 0.3) is 0 Å². The highest BCUT2D eigenvalue weighted by Crippen LogP contribution is 2.22. The molecule has 1 unspecified atom stereocenters. The molecule has 0 radical (unpaired) electrons. The lowest BCUT2D eigenvalue weighted by atomic mass is 9.90. The van der Waals surface area contributed by atoms with Gasteiger partial charge in [0.1, 0.15) is 0 Å². The molecular formula is C17H28N2. The molecule has 0 amide bonds. The number of piperidine rings is 1. The summed E-state index contributed by atoms with van der Waals surface area (Å²) in [5, 5.41) is 3.27. The molecule has 1 fully saturated rings. The van der Waals surface area contributed by atoms with Crippen molar-refractivity contribution in [1.82, 2.24) is 10.2 Å². The monoisotopic (exact) mass is 260 g/mol. The molecule has 1 atom stereocenters. The summed E-state index contributed by atoms with van der Waals surface area (Å²) in [6.45, 7) is 7.28. The standard InChI is InChI=1S/C17H28N2/c1-15(13-18-2)14-19-10-8-17(9-11-19)12-16-6-4-3-5-7-16/h3-7,15,17-18H,8-14H2,1-2H3. The van der Waals surface area contributed by atoms with Crippen molar-refractivity contribution in [3.8, 4) is 0 Å². The number of benzene rings is 1. The number of likely N-dealkylation sites (tertiary alicyclic amines) is 1. The van der Waals surface area contributed by atoms with Crippen LogP contribution in [0.2, 0.25) is 0 Å². The van der Waals surface area contributed by atoms with Crippen molar-refractivity contribution in [3.05, 3.63) is 35.9 Å². The molecule has 1 aliphatic heterocycles. The van der Waals surface area contributed by atoms with Crippen LogP contribution in [0.5, 0.6) is 0 Å². The van der Waals surface area contributed by atoms with E-state index in [0.29, 0.717) is 0 Å². The third kappa shape index (κ3) is 4.96. The van der Waals surface area contributed by atoms with Crippen LogP contribution in [0.15, 0.2) is 30.3 Å². The Balaban J connectivity index is 1.70. The smallest absolute Gasteiger partial charge is 0.00191 e. The fourth-order valence-corrected chi connectivity index (χ4v) is 3.17. The summed E-state index contributed by atoms with van der Waals surface area (Å²) in [7, 11) is 2.04. The normalized spacial score (nSPS) is 19.5. The molecule has 1 heterocycles. The van der Waals surface area contributed by atoms with E-state index in [9.17, 15) is 0 Å². The van der Waals surface area contributed by atoms with Crippen molar-refractivity contribution < 1.29 is 0 Å². The molecule has 0 aromatic heterocycles. The van der Waals surface area contributed by atoms with E-state index in [1.54, 1.807) is 0 Å². The van der Waals surface area contributed by atoms with E-state index in [-0.39, 0.29) is 0 Å². The van der Waals surface area contributed by atoms with Crippen molar-refractivity contribution in [2.75, 3.05) is 33.2 Å². The van der Waals surface area contributed by atoms with Crippen LogP contribution in [-0.4, -0.2) is 38.1 Å². The van der Waals surface area contributed by atoms with Crippen LogP contribution in [0.3, 0.4) is 0 Å². The fraction of sp³-hybridized carbons (Fsp3) is 0.647. The lowest BCUT2D eigenvalue weighted by Gasteiger charge is -2.33. The molecule has 1 N–H and O–H groups in total. The van der Waals surface area contributed by atoms with E-state index in [1.165, 1.54) is 44.5 Å². The minimum absolute atomic E-state index is 0.760. The zero-order valence-corrected chi connectivity index (χ0v) is 12.4. The van der Waals surface area contributed by atoms with Gasteiger partial charge in [-0.05, 0) is 63.3 Å². The molecule has 0 saturated carbocycles. The highest BCUT2D eigenvalue weighted by atomic mass is 15.1. The maximum absolute atomic E-state index is 3.27. The van der Waals surface area contributed by atoms with Crippen LogP contribution < -0.4 is 5.32 Å². The predicted molar refractivity (Wildman–Crippen MR) is 82.4 cm³/mol. The van der Waals surface area contributed by atoms with E-state index in [1.807, 2.05) is 7.05 Å². The first kappa shape index (κ1) is 14.5. The van der Waals surface area contributed by atoms with Crippen LogP contribution in [0.4, 0.5) is 0 Å². The van der Waals surface area contributed by atoms with Gasteiger partial charge in [-0.1, -0.05) is 37.3 Å². The summed E-state index contributed by atoms with van der Waals surface area (Å²) in [5.41, 5.74) is 1.50. The van der Waals surface area contributed by atoms with Gasteiger partial charge in [0.2, 0.25) is 0 Å². The summed E-state index contributed by atoms with van der Waals surface area (Å²) < 4.78 is 0. The largest absolute Gasteiger partial charge is 0.319 e. The predicted octanol–water partition coefficient (Wildman–Crippen LogP) is 2.80. The second-order valence-electron chi connectivity index (χ2n) is 6.10. The first-order valence-electron chi connectivity index (χ1n) is 7.69. The second-order valence-corrected chi connectivity index (χ2v) is 6.10. The molecule has 1 saturated heterocycles. The lowest BCUT2D eigenvalue weighted by Crippen LogP contribution is -2.38. The molecule has 106 valence electrons. The zero-order chi connectivity index (χ0) is 13.5. The molecule has 0 spiro atoms. The average molecular weight is 260 g/mol. The van der Waals surface area contributed by atoms with Crippen LogP contribution in [-0.2, 0) is 6.42 Å². The third-order valence-electron chi connectivity index (χ3n) is 4.20. The van der Waals surface area contributed by atoms with E-state index in [2.05, 4.69) is 47.5 Å². The van der Waals surface area contributed by atoms with Gasteiger partial charge in [0.05, 0.1) is 0 Å². The Labute approximate surface area is 118 Å². The quantitative estimate of drug-likeness (QED) is 0.846. The maximum Gasteiger partial charge on any atom is 0.00191 e. The number of nitrogens with one attached hydrogen (secondary N) is 1. The molecule has 2 rings (SSSR count). The van der Waals surface area contributed by atoms with Gasteiger partial charge in [-0.25, -0.2) is 0 Å². The zero-order valence-electron chi connectivity index (χ0n) is 12.4. The topological polar surface area (TPSA) is 15.3 Å². The lowest BCUT2D eigenvalue weighted by molar-refractivity contribution is 0.163. The second kappa shape index (κ2) is 7.66. The summed E-state index contributed by atoms with van der Waals surface area (Å²) in [6.07, 6.45) is 3.99. The van der Waals surface area contributed by atoms with Gasteiger partial charge in [-0.2, -0.15) is 0 Å². The van der Waals surface area contributed by atoms with Crippen molar-refractivity contribution >= 4 is 0 Å². The Bertz CT molecular complexity index is 342. The summed E-state index contributed by atoms with van der Waals surface area (Å²) >= 11 is 0. The third-order valence-corrected chi connectivity index (χ3v) is 4.20. The van der Waals surface area contributed by atoms with E-state index in [0.717, 1.165) is 18.4 Å². The molecule has 2 heteroatoms. The van der Waals surface area contributed by atoms with E-state index < -0.39 is 0 Å². The molecule has 19 heavy (non-hydrogen) atoms. The highest BCUT2D eigenvalue weighted by Gasteiger charge is 2.20. The molecular weight excluding hydrogens is 232 g/mol. The fourth-order valence-electron chi connectivity index (χ4n) is 3.17. The van der Waals surface area contributed by atoms with Crippen molar-refractivity contribution in [2.45, 2.75) is 26.2 Å². The summed E-state index contributed by atoms with van der Waals surface area (Å²) in [5.74, 6) is 1.65. The number of hydrogen-bond acceptors (Lipinski definition) is 2. The van der Waals surface area contributed by atoms with Gasteiger partial charge in [0.25, 0.3) is 0 Å². The maximum atomic E-state index is 3.27. The van der Waals surface area contributed by atoms with Gasteiger partial charge < -0.3 is 10.2 Å². The molecule has 0 aliphatic carbocycles.